The first-order chi connectivity index (χ1) is 13.8. The van der Waals surface area contributed by atoms with E-state index in [4.69, 9.17) is 4.74 Å². The highest BCUT2D eigenvalue weighted by atomic mass is 32.2. The van der Waals surface area contributed by atoms with Gasteiger partial charge >= 0.3 is 5.69 Å². The Labute approximate surface area is 170 Å². The van der Waals surface area contributed by atoms with Crippen molar-refractivity contribution in [3.8, 4) is 11.5 Å². The molecule has 0 aromatic heterocycles. The summed E-state index contributed by atoms with van der Waals surface area (Å²) in [5.41, 5.74) is 1.56. The molecule has 0 unspecified atom stereocenters. The molecule has 0 bridgehead atoms. The van der Waals surface area contributed by atoms with Gasteiger partial charge in [0.1, 0.15) is 0 Å². The second-order valence-corrected chi connectivity index (χ2v) is 7.26. The van der Waals surface area contributed by atoms with E-state index in [0.717, 1.165) is 33.9 Å². The number of phenols is 1. The molecule has 2 amide bonds. The highest BCUT2D eigenvalue weighted by Crippen LogP contribution is 2.39. The summed E-state index contributed by atoms with van der Waals surface area (Å²) < 4.78 is 5.24. The van der Waals surface area contributed by atoms with Crippen LogP contribution >= 0.6 is 11.8 Å². The van der Waals surface area contributed by atoms with Crippen molar-refractivity contribution in [3.63, 3.8) is 0 Å². The topological polar surface area (TPSA) is 110 Å². The maximum atomic E-state index is 12.7. The molecule has 1 aliphatic heterocycles. The van der Waals surface area contributed by atoms with Gasteiger partial charge in [0, 0.05) is 6.07 Å². The van der Waals surface area contributed by atoms with Crippen molar-refractivity contribution >= 4 is 34.7 Å². The van der Waals surface area contributed by atoms with Crippen LogP contribution in [0.4, 0.5) is 10.5 Å². The summed E-state index contributed by atoms with van der Waals surface area (Å²) >= 11 is 0.765. The van der Waals surface area contributed by atoms with Gasteiger partial charge in [-0.25, -0.2) is 0 Å². The van der Waals surface area contributed by atoms with Crippen molar-refractivity contribution in [3.05, 3.63) is 68.1 Å². The third-order valence-electron chi connectivity index (χ3n) is 4.33. The quantitative estimate of drug-likeness (QED) is 0.427. The molecule has 150 valence electrons. The van der Waals surface area contributed by atoms with E-state index < -0.39 is 27.5 Å². The van der Waals surface area contributed by atoms with Gasteiger partial charge in [-0.2, -0.15) is 0 Å². The summed E-state index contributed by atoms with van der Waals surface area (Å²) in [5.74, 6) is -1.12. The number of ether oxygens (including phenoxy) is 1. The van der Waals surface area contributed by atoms with E-state index in [1.165, 1.54) is 12.1 Å². The van der Waals surface area contributed by atoms with Crippen molar-refractivity contribution in [1.29, 1.82) is 0 Å². The number of thioether (sulfide) groups is 1. The fourth-order valence-corrected chi connectivity index (χ4v) is 3.69. The highest BCUT2D eigenvalue weighted by Gasteiger charge is 2.35. The van der Waals surface area contributed by atoms with Gasteiger partial charge in [-0.1, -0.05) is 24.3 Å². The fraction of sp³-hybridized carbons (Fsp3) is 0.200. The van der Waals surface area contributed by atoms with Crippen molar-refractivity contribution < 1.29 is 24.4 Å². The van der Waals surface area contributed by atoms with Gasteiger partial charge in [0.05, 0.1) is 23.0 Å². The number of hydrogen-bond donors (Lipinski definition) is 1. The maximum absolute atomic E-state index is 12.7. The van der Waals surface area contributed by atoms with Crippen LogP contribution < -0.4 is 4.74 Å². The Morgan fingerprint density at radius 3 is 2.66 bits per heavy atom. The molecule has 0 atom stereocenters. The Kier molecular flexibility index (Phi) is 5.88. The molecular weight excluding hydrogens is 396 g/mol. The smallest absolute Gasteiger partial charge is 0.315 e. The van der Waals surface area contributed by atoms with Crippen LogP contribution in [0.2, 0.25) is 0 Å². The van der Waals surface area contributed by atoms with Crippen LogP contribution in [0.25, 0.3) is 6.08 Å². The van der Waals surface area contributed by atoms with Crippen LogP contribution in [0.5, 0.6) is 11.5 Å². The zero-order valence-corrected chi connectivity index (χ0v) is 16.6. The Hall–Kier alpha value is -3.33. The largest absolute Gasteiger partial charge is 0.500 e. The molecule has 1 fully saturated rings. The second kappa shape index (κ2) is 8.36. The third kappa shape index (κ3) is 4.24. The number of aryl methyl sites for hydroxylation is 1. The first kappa shape index (κ1) is 20.4. The molecule has 8 nitrogen and oxygen atoms in total. The number of rotatable bonds is 6. The molecule has 1 aliphatic rings. The normalized spacial score (nSPS) is 15.2. The Bertz CT molecular complexity index is 1030. The molecular formula is C20H18N2O6S. The minimum atomic E-state index is -0.737. The lowest BCUT2D eigenvalue weighted by Gasteiger charge is -2.14. The van der Waals surface area contributed by atoms with Crippen molar-refractivity contribution in [2.75, 3.05) is 6.61 Å². The van der Waals surface area contributed by atoms with Gasteiger partial charge in [-0.3, -0.25) is 24.6 Å². The zero-order valence-electron chi connectivity index (χ0n) is 15.7. The average molecular weight is 414 g/mol. The van der Waals surface area contributed by atoms with E-state index in [9.17, 15) is 24.8 Å². The number of nitrogens with zero attached hydrogens (tertiary/aromatic N) is 2. The van der Waals surface area contributed by atoms with Crippen LogP contribution in [-0.4, -0.2) is 32.7 Å². The first-order valence-electron chi connectivity index (χ1n) is 8.76. The molecule has 3 rings (SSSR count). The summed E-state index contributed by atoms with van der Waals surface area (Å²) in [7, 11) is 0. The number of carbonyl (C=O) groups excluding carboxylic acids is 2. The molecule has 0 spiro atoms. The van der Waals surface area contributed by atoms with E-state index in [2.05, 4.69) is 0 Å². The molecule has 2 aromatic carbocycles. The molecule has 0 aliphatic carbocycles. The minimum Gasteiger partial charge on any atom is -0.500 e. The zero-order chi connectivity index (χ0) is 21.1. The van der Waals surface area contributed by atoms with Crippen molar-refractivity contribution in [1.82, 2.24) is 4.90 Å². The fourth-order valence-electron chi connectivity index (χ4n) is 2.85. The van der Waals surface area contributed by atoms with Crippen LogP contribution in [-0.2, 0) is 11.3 Å². The number of hydrogen-bond acceptors (Lipinski definition) is 7. The van der Waals surface area contributed by atoms with Crippen LogP contribution in [0.3, 0.4) is 0 Å². The Balaban J connectivity index is 1.93. The summed E-state index contributed by atoms with van der Waals surface area (Å²) in [4.78, 5) is 36.8. The number of amides is 2. The summed E-state index contributed by atoms with van der Waals surface area (Å²) in [6.07, 6.45) is 1.39. The van der Waals surface area contributed by atoms with Crippen molar-refractivity contribution in [2.45, 2.75) is 20.4 Å². The lowest BCUT2D eigenvalue weighted by molar-refractivity contribution is -0.386. The van der Waals surface area contributed by atoms with E-state index in [1.54, 1.807) is 6.92 Å². The molecule has 0 radical (unpaired) electrons. The Morgan fingerprint density at radius 1 is 1.28 bits per heavy atom. The summed E-state index contributed by atoms with van der Waals surface area (Å²) in [6.45, 7) is 3.92. The van der Waals surface area contributed by atoms with Crippen LogP contribution in [0, 0.1) is 17.0 Å². The van der Waals surface area contributed by atoms with E-state index >= 15 is 0 Å². The molecule has 1 N–H and O–H groups in total. The number of benzene rings is 2. The van der Waals surface area contributed by atoms with E-state index in [-0.39, 0.29) is 29.4 Å². The molecule has 1 saturated heterocycles. The standard InChI is InChI=1S/C20H18N2O6S/c1-3-28-16-9-13(8-15(18(16)23)22(26)27)10-17-19(24)21(20(25)29-17)11-14-7-5-4-6-12(14)2/h4-10,23H,3,11H2,1-2H3/b17-10-. The van der Waals surface area contributed by atoms with Gasteiger partial charge in [-0.15, -0.1) is 0 Å². The minimum absolute atomic E-state index is 0.0629. The molecule has 9 heteroatoms. The summed E-state index contributed by atoms with van der Waals surface area (Å²) in [5, 5.41) is 20.8. The molecule has 1 heterocycles. The first-order valence-corrected chi connectivity index (χ1v) is 9.57. The maximum Gasteiger partial charge on any atom is 0.315 e. The van der Waals surface area contributed by atoms with Crippen LogP contribution in [0.1, 0.15) is 23.6 Å². The SMILES string of the molecule is CCOc1cc(/C=C2\SC(=O)N(Cc3ccccc3C)C2=O)cc([N+](=O)[O-])c1O. The summed E-state index contributed by atoms with van der Waals surface area (Å²) in [6, 6.07) is 9.98. The predicted molar refractivity (Wildman–Crippen MR) is 109 cm³/mol. The highest BCUT2D eigenvalue weighted by molar-refractivity contribution is 8.18. The van der Waals surface area contributed by atoms with Crippen molar-refractivity contribution in [2.24, 2.45) is 0 Å². The number of aromatic hydroxyl groups is 1. The monoisotopic (exact) mass is 414 g/mol. The van der Waals surface area contributed by atoms with Gasteiger partial charge < -0.3 is 9.84 Å². The molecule has 29 heavy (non-hydrogen) atoms. The number of imide groups is 1. The average Bonchev–Trinajstić information content (AvgIpc) is 2.93. The van der Waals surface area contributed by atoms with Gasteiger partial charge in [0.2, 0.25) is 5.75 Å². The number of phenolic OH excluding ortho intramolecular Hbond substituents is 1. The van der Waals surface area contributed by atoms with E-state index in [1.807, 2.05) is 31.2 Å². The third-order valence-corrected chi connectivity index (χ3v) is 5.24. The van der Waals surface area contributed by atoms with E-state index in [0.29, 0.717) is 0 Å². The van der Waals surface area contributed by atoms with Gasteiger partial charge in [0.15, 0.2) is 5.75 Å². The lowest BCUT2D eigenvalue weighted by atomic mass is 10.1. The number of nitro benzene ring substituents is 1. The van der Waals surface area contributed by atoms with Gasteiger partial charge in [-0.05, 0) is 54.4 Å². The second-order valence-electron chi connectivity index (χ2n) is 6.27. The number of nitro groups is 1. The van der Waals surface area contributed by atoms with Gasteiger partial charge in [0.25, 0.3) is 11.1 Å². The molecule has 2 aromatic rings. The number of carbonyl (C=O) groups is 2. The lowest BCUT2D eigenvalue weighted by Crippen LogP contribution is -2.27. The van der Waals surface area contributed by atoms with Crippen LogP contribution in [0.15, 0.2) is 41.3 Å². The molecule has 0 saturated carbocycles. The Morgan fingerprint density at radius 2 is 2.00 bits per heavy atom. The predicted octanol–water partition coefficient (Wildman–Crippen LogP) is 4.24.